The van der Waals surface area contributed by atoms with Gasteiger partial charge in [-0.1, -0.05) is 31.2 Å². The predicted octanol–water partition coefficient (Wildman–Crippen LogP) is 3.31. The van der Waals surface area contributed by atoms with Crippen molar-refractivity contribution >= 4 is 0 Å². The highest BCUT2D eigenvalue weighted by atomic mass is 19.4. The van der Waals surface area contributed by atoms with E-state index >= 15 is 0 Å². The van der Waals surface area contributed by atoms with E-state index < -0.39 is 12.1 Å². The Kier molecular flexibility index (Phi) is 5.27. The molecular weight excluding hydrogens is 277 g/mol. The Balaban J connectivity index is 1.80. The van der Waals surface area contributed by atoms with Crippen LogP contribution in [0.25, 0.3) is 0 Å². The Labute approximate surface area is 124 Å². The van der Waals surface area contributed by atoms with E-state index in [9.17, 15) is 13.2 Å². The summed E-state index contributed by atoms with van der Waals surface area (Å²) in [5, 5.41) is 0. The Morgan fingerprint density at radius 1 is 1.05 bits per heavy atom. The van der Waals surface area contributed by atoms with Crippen LogP contribution in [0, 0.1) is 12.8 Å². The number of piperazine rings is 1. The molecule has 0 radical (unpaired) electrons. The van der Waals surface area contributed by atoms with Gasteiger partial charge < -0.3 is 4.90 Å². The average Bonchev–Trinajstić information content (AvgIpc) is 2.42. The second kappa shape index (κ2) is 6.79. The molecule has 1 aliphatic heterocycles. The van der Waals surface area contributed by atoms with Crippen molar-refractivity contribution in [2.24, 2.45) is 5.92 Å². The molecule has 1 aromatic carbocycles. The van der Waals surface area contributed by atoms with E-state index in [1.165, 1.54) is 18.1 Å². The molecule has 21 heavy (non-hydrogen) atoms. The standard InChI is InChI=1S/C16H23F3N2/c1-13-5-3-4-6-15(13)12-21-9-7-20(8-10-21)11-14(2)16(17,18)19/h3-6,14H,7-12H2,1-2H3/t14-/m0/s1. The van der Waals surface area contributed by atoms with Gasteiger partial charge in [-0.15, -0.1) is 0 Å². The molecule has 2 nitrogen and oxygen atoms in total. The van der Waals surface area contributed by atoms with Gasteiger partial charge in [0.1, 0.15) is 0 Å². The van der Waals surface area contributed by atoms with Crippen LogP contribution >= 0.6 is 0 Å². The van der Waals surface area contributed by atoms with Crippen molar-refractivity contribution in [3.8, 4) is 0 Å². The third-order valence-corrected chi connectivity index (χ3v) is 4.21. The van der Waals surface area contributed by atoms with Gasteiger partial charge in [0, 0.05) is 39.3 Å². The molecule has 0 bridgehead atoms. The van der Waals surface area contributed by atoms with E-state index in [2.05, 4.69) is 24.0 Å². The molecule has 0 unspecified atom stereocenters. The van der Waals surface area contributed by atoms with Gasteiger partial charge in [0.2, 0.25) is 0 Å². The molecule has 0 aliphatic carbocycles. The van der Waals surface area contributed by atoms with Gasteiger partial charge in [0.15, 0.2) is 0 Å². The van der Waals surface area contributed by atoms with Crippen molar-refractivity contribution in [3.63, 3.8) is 0 Å². The van der Waals surface area contributed by atoms with Gasteiger partial charge in [0.05, 0.1) is 5.92 Å². The number of halogens is 3. The zero-order chi connectivity index (χ0) is 15.5. The lowest BCUT2D eigenvalue weighted by molar-refractivity contribution is -0.174. The zero-order valence-electron chi connectivity index (χ0n) is 12.7. The molecule has 0 spiro atoms. The summed E-state index contributed by atoms with van der Waals surface area (Å²) in [6, 6.07) is 8.27. The second-order valence-corrected chi connectivity index (χ2v) is 5.95. The summed E-state index contributed by atoms with van der Waals surface area (Å²) in [4.78, 5) is 4.24. The number of hydrogen-bond donors (Lipinski definition) is 0. The molecule has 1 fully saturated rings. The van der Waals surface area contributed by atoms with Gasteiger partial charge in [-0.3, -0.25) is 4.90 Å². The van der Waals surface area contributed by atoms with Gasteiger partial charge in [-0.25, -0.2) is 0 Å². The number of benzene rings is 1. The van der Waals surface area contributed by atoms with Crippen LogP contribution in [0.15, 0.2) is 24.3 Å². The highest BCUT2D eigenvalue weighted by molar-refractivity contribution is 5.25. The number of alkyl halides is 3. The summed E-state index contributed by atoms with van der Waals surface area (Å²) in [6.07, 6.45) is -4.09. The van der Waals surface area contributed by atoms with Crippen molar-refractivity contribution in [1.29, 1.82) is 0 Å². The molecule has 1 saturated heterocycles. The maximum atomic E-state index is 12.6. The first-order valence-electron chi connectivity index (χ1n) is 7.42. The van der Waals surface area contributed by atoms with Crippen LogP contribution in [0.2, 0.25) is 0 Å². The van der Waals surface area contributed by atoms with Crippen molar-refractivity contribution in [3.05, 3.63) is 35.4 Å². The highest BCUT2D eigenvalue weighted by Gasteiger charge is 2.37. The quantitative estimate of drug-likeness (QED) is 0.842. The minimum Gasteiger partial charge on any atom is -0.300 e. The van der Waals surface area contributed by atoms with Crippen molar-refractivity contribution in [2.75, 3.05) is 32.7 Å². The van der Waals surface area contributed by atoms with Crippen LogP contribution in [-0.4, -0.2) is 48.7 Å². The van der Waals surface area contributed by atoms with E-state index in [1.807, 2.05) is 17.0 Å². The van der Waals surface area contributed by atoms with Crippen molar-refractivity contribution < 1.29 is 13.2 Å². The van der Waals surface area contributed by atoms with Crippen LogP contribution in [0.4, 0.5) is 13.2 Å². The van der Waals surface area contributed by atoms with Crippen LogP contribution in [0.3, 0.4) is 0 Å². The lowest BCUT2D eigenvalue weighted by atomic mass is 10.1. The zero-order valence-corrected chi connectivity index (χ0v) is 12.7. The first kappa shape index (κ1) is 16.3. The van der Waals surface area contributed by atoms with Crippen LogP contribution in [-0.2, 0) is 6.54 Å². The summed E-state index contributed by atoms with van der Waals surface area (Å²) >= 11 is 0. The molecule has 0 aromatic heterocycles. The number of rotatable bonds is 4. The summed E-state index contributed by atoms with van der Waals surface area (Å²) in [7, 11) is 0. The first-order valence-corrected chi connectivity index (χ1v) is 7.42. The Hall–Kier alpha value is -1.07. The van der Waals surface area contributed by atoms with E-state index in [1.54, 1.807) is 0 Å². The molecule has 1 aromatic rings. The maximum Gasteiger partial charge on any atom is 0.392 e. The van der Waals surface area contributed by atoms with Crippen LogP contribution in [0.1, 0.15) is 18.1 Å². The highest BCUT2D eigenvalue weighted by Crippen LogP contribution is 2.26. The molecule has 118 valence electrons. The third kappa shape index (κ3) is 4.71. The molecule has 1 atom stereocenters. The Morgan fingerprint density at radius 3 is 2.19 bits per heavy atom. The normalized spacial score (nSPS) is 19.7. The second-order valence-electron chi connectivity index (χ2n) is 5.95. The minimum atomic E-state index is -4.09. The maximum absolute atomic E-state index is 12.6. The van der Waals surface area contributed by atoms with E-state index in [-0.39, 0.29) is 6.54 Å². The largest absolute Gasteiger partial charge is 0.392 e. The van der Waals surface area contributed by atoms with E-state index in [4.69, 9.17) is 0 Å². The molecule has 1 aliphatic rings. The third-order valence-electron chi connectivity index (χ3n) is 4.21. The number of nitrogens with zero attached hydrogens (tertiary/aromatic N) is 2. The lowest BCUT2D eigenvalue weighted by Crippen LogP contribution is -2.48. The smallest absolute Gasteiger partial charge is 0.300 e. The fourth-order valence-electron chi connectivity index (χ4n) is 2.65. The molecule has 0 N–H and O–H groups in total. The van der Waals surface area contributed by atoms with Crippen molar-refractivity contribution in [2.45, 2.75) is 26.6 Å². The predicted molar refractivity (Wildman–Crippen MR) is 78.1 cm³/mol. The van der Waals surface area contributed by atoms with Gasteiger partial charge in [0.25, 0.3) is 0 Å². The van der Waals surface area contributed by atoms with E-state index in [0.29, 0.717) is 13.1 Å². The van der Waals surface area contributed by atoms with Crippen LogP contribution in [0.5, 0.6) is 0 Å². The van der Waals surface area contributed by atoms with Gasteiger partial charge in [-0.2, -0.15) is 13.2 Å². The Morgan fingerprint density at radius 2 is 1.62 bits per heavy atom. The average molecular weight is 300 g/mol. The SMILES string of the molecule is Cc1ccccc1CN1CCN(C[C@H](C)C(F)(F)F)CC1. The van der Waals surface area contributed by atoms with E-state index in [0.717, 1.165) is 19.6 Å². The number of hydrogen-bond acceptors (Lipinski definition) is 2. The summed E-state index contributed by atoms with van der Waals surface area (Å²) < 4.78 is 37.7. The Bertz CT molecular complexity index is 451. The molecule has 0 amide bonds. The molecule has 0 saturated carbocycles. The first-order chi connectivity index (χ1) is 9.86. The lowest BCUT2D eigenvalue weighted by Gasteiger charge is -2.36. The fraction of sp³-hybridized carbons (Fsp3) is 0.625. The summed E-state index contributed by atoms with van der Waals surface area (Å²) in [5.74, 6) is -1.25. The fourth-order valence-corrected chi connectivity index (χ4v) is 2.65. The van der Waals surface area contributed by atoms with Crippen LogP contribution < -0.4 is 0 Å². The minimum absolute atomic E-state index is 0.113. The molecule has 1 heterocycles. The number of aryl methyl sites for hydroxylation is 1. The van der Waals surface area contributed by atoms with Crippen molar-refractivity contribution in [1.82, 2.24) is 9.80 Å². The molecule has 5 heteroatoms. The molecule has 2 rings (SSSR count). The van der Waals surface area contributed by atoms with Gasteiger partial charge in [-0.05, 0) is 18.1 Å². The molecular formula is C16H23F3N2. The van der Waals surface area contributed by atoms with Gasteiger partial charge >= 0.3 is 6.18 Å². The summed E-state index contributed by atoms with van der Waals surface area (Å²) in [5.41, 5.74) is 2.57. The monoisotopic (exact) mass is 300 g/mol. The summed E-state index contributed by atoms with van der Waals surface area (Å²) in [6.45, 7) is 7.45. The topological polar surface area (TPSA) is 6.48 Å².